The molecule has 0 aliphatic carbocycles. The van der Waals surface area contributed by atoms with Crippen molar-refractivity contribution in [3.05, 3.63) is 35.4 Å². The lowest BCUT2D eigenvalue weighted by molar-refractivity contribution is -0.136. The second kappa shape index (κ2) is 8.75. The number of hydrogen-bond donors (Lipinski definition) is 0. The molecule has 4 nitrogen and oxygen atoms in total. The van der Waals surface area contributed by atoms with Crippen molar-refractivity contribution in [2.45, 2.75) is 52.5 Å². The molecule has 1 atom stereocenters. The van der Waals surface area contributed by atoms with E-state index in [1.54, 1.807) is 11.8 Å². The van der Waals surface area contributed by atoms with Crippen molar-refractivity contribution < 1.29 is 9.59 Å². The third-order valence-corrected chi connectivity index (χ3v) is 5.69. The summed E-state index contributed by atoms with van der Waals surface area (Å²) < 4.78 is 0. The Morgan fingerprint density at radius 3 is 2.44 bits per heavy atom. The number of benzene rings is 1. The zero-order valence-corrected chi connectivity index (χ0v) is 16.8. The summed E-state index contributed by atoms with van der Waals surface area (Å²) >= 11 is 1.67. The Morgan fingerprint density at radius 1 is 1.24 bits per heavy atom. The molecule has 0 saturated carbocycles. The maximum Gasteiger partial charge on any atom is 0.233 e. The smallest absolute Gasteiger partial charge is 0.233 e. The molecule has 2 amide bonds. The third-order valence-electron chi connectivity index (χ3n) is 4.44. The van der Waals surface area contributed by atoms with Crippen molar-refractivity contribution in [2.75, 3.05) is 18.8 Å². The molecule has 0 bridgehead atoms. The Kier molecular flexibility index (Phi) is 6.94. The molecule has 0 N–H and O–H groups in total. The van der Waals surface area contributed by atoms with Gasteiger partial charge >= 0.3 is 0 Å². The molecule has 0 radical (unpaired) electrons. The van der Waals surface area contributed by atoms with Crippen LogP contribution in [-0.2, 0) is 9.59 Å². The molecule has 1 aromatic carbocycles. The van der Waals surface area contributed by atoms with Crippen LogP contribution in [0.25, 0.3) is 0 Å². The summed E-state index contributed by atoms with van der Waals surface area (Å²) in [5.74, 6) is 1.20. The van der Waals surface area contributed by atoms with Crippen LogP contribution in [0.5, 0.6) is 0 Å². The van der Waals surface area contributed by atoms with Gasteiger partial charge in [0.15, 0.2) is 0 Å². The van der Waals surface area contributed by atoms with Crippen LogP contribution in [0.15, 0.2) is 24.3 Å². The average Bonchev–Trinajstić information content (AvgIpc) is 2.88. The van der Waals surface area contributed by atoms with E-state index < -0.39 is 0 Å². The van der Waals surface area contributed by atoms with E-state index in [0.29, 0.717) is 31.2 Å². The summed E-state index contributed by atoms with van der Waals surface area (Å²) in [6.45, 7) is 11.4. The fourth-order valence-electron chi connectivity index (χ4n) is 3.06. The van der Waals surface area contributed by atoms with Gasteiger partial charge in [-0.1, -0.05) is 43.7 Å². The Morgan fingerprint density at radius 2 is 1.88 bits per heavy atom. The van der Waals surface area contributed by atoms with E-state index in [1.807, 2.05) is 23.6 Å². The first-order valence-electron chi connectivity index (χ1n) is 9.06. The molecular formula is C20H30N2O2S. The van der Waals surface area contributed by atoms with Gasteiger partial charge in [-0.15, -0.1) is 11.8 Å². The molecule has 1 aliphatic rings. The minimum absolute atomic E-state index is 0.0577. The lowest BCUT2D eigenvalue weighted by atomic mass is 10.1. The number of aryl methyl sites for hydroxylation is 1. The van der Waals surface area contributed by atoms with E-state index in [9.17, 15) is 9.59 Å². The highest BCUT2D eigenvalue weighted by molar-refractivity contribution is 8.00. The van der Waals surface area contributed by atoms with Crippen molar-refractivity contribution in [1.29, 1.82) is 0 Å². The number of rotatable bonds is 7. The molecule has 2 rings (SSSR count). The zero-order chi connectivity index (χ0) is 18.6. The summed E-state index contributed by atoms with van der Waals surface area (Å²) in [6.07, 6.45) is 0.558. The van der Waals surface area contributed by atoms with Gasteiger partial charge in [-0.05, 0) is 32.3 Å². The molecule has 1 heterocycles. The van der Waals surface area contributed by atoms with Crippen molar-refractivity contribution >= 4 is 23.6 Å². The first kappa shape index (κ1) is 19.8. The Hall–Kier alpha value is -1.49. The monoisotopic (exact) mass is 362 g/mol. The van der Waals surface area contributed by atoms with Gasteiger partial charge in [-0.2, -0.15) is 0 Å². The van der Waals surface area contributed by atoms with E-state index in [-0.39, 0.29) is 23.2 Å². The molecular weight excluding hydrogens is 332 g/mol. The van der Waals surface area contributed by atoms with Crippen LogP contribution >= 0.6 is 11.8 Å². The van der Waals surface area contributed by atoms with Crippen LogP contribution in [0.3, 0.4) is 0 Å². The van der Waals surface area contributed by atoms with Crippen LogP contribution in [0, 0.1) is 12.8 Å². The van der Waals surface area contributed by atoms with Gasteiger partial charge in [0, 0.05) is 25.6 Å². The SMILES string of the molecule is Cc1ccc([C@@H]2SCC(=O)N2CCN(C(=O)CC(C)C)C(C)C)cc1. The largest absolute Gasteiger partial charge is 0.338 e. The fraction of sp³-hybridized carbons (Fsp3) is 0.600. The minimum Gasteiger partial charge on any atom is -0.338 e. The van der Waals surface area contributed by atoms with E-state index >= 15 is 0 Å². The standard InChI is InChI=1S/C20H30N2O2S/c1-14(2)12-18(23)21(15(3)4)10-11-22-19(24)13-25-20(22)17-8-6-16(5)7-9-17/h6-9,14-15,20H,10-13H2,1-5H3/t20-/m0/s1. The fourth-order valence-corrected chi connectivity index (χ4v) is 4.27. The van der Waals surface area contributed by atoms with Crippen molar-refractivity contribution in [2.24, 2.45) is 5.92 Å². The molecule has 138 valence electrons. The van der Waals surface area contributed by atoms with Crippen molar-refractivity contribution in [3.63, 3.8) is 0 Å². The second-order valence-electron chi connectivity index (χ2n) is 7.44. The first-order chi connectivity index (χ1) is 11.8. The predicted molar refractivity (Wildman–Crippen MR) is 104 cm³/mol. The van der Waals surface area contributed by atoms with Gasteiger partial charge in [0.25, 0.3) is 0 Å². The summed E-state index contributed by atoms with van der Waals surface area (Å²) in [5.41, 5.74) is 2.38. The van der Waals surface area contributed by atoms with Gasteiger partial charge in [0.2, 0.25) is 11.8 Å². The maximum absolute atomic E-state index is 12.5. The number of thioether (sulfide) groups is 1. The van der Waals surface area contributed by atoms with Crippen molar-refractivity contribution in [1.82, 2.24) is 9.80 Å². The molecule has 1 saturated heterocycles. The van der Waals surface area contributed by atoms with E-state index in [2.05, 4.69) is 45.0 Å². The maximum atomic E-state index is 12.5. The van der Waals surface area contributed by atoms with Gasteiger partial charge < -0.3 is 9.80 Å². The number of hydrogen-bond acceptors (Lipinski definition) is 3. The number of carbonyl (C=O) groups is 2. The second-order valence-corrected chi connectivity index (χ2v) is 8.51. The van der Waals surface area contributed by atoms with E-state index in [0.717, 1.165) is 5.56 Å². The minimum atomic E-state index is 0.0577. The van der Waals surface area contributed by atoms with Crippen LogP contribution in [-0.4, -0.2) is 46.5 Å². The highest BCUT2D eigenvalue weighted by Gasteiger charge is 2.33. The highest BCUT2D eigenvalue weighted by atomic mass is 32.2. The molecule has 0 aromatic heterocycles. The van der Waals surface area contributed by atoms with Crippen LogP contribution in [0.4, 0.5) is 0 Å². The lowest BCUT2D eigenvalue weighted by Gasteiger charge is -2.31. The van der Waals surface area contributed by atoms with E-state index in [1.165, 1.54) is 5.56 Å². The Balaban J connectivity index is 2.06. The summed E-state index contributed by atoms with van der Waals surface area (Å²) in [7, 11) is 0. The highest BCUT2D eigenvalue weighted by Crippen LogP contribution is 2.38. The Labute approximate surface area is 156 Å². The van der Waals surface area contributed by atoms with Crippen LogP contribution < -0.4 is 0 Å². The molecule has 1 fully saturated rings. The quantitative estimate of drug-likeness (QED) is 0.740. The van der Waals surface area contributed by atoms with E-state index in [4.69, 9.17) is 0 Å². The van der Waals surface area contributed by atoms with Gasteiger partial charge in [-0.25, -0.2) is 0 Å². The van der Waals surface area contributed by atoms with Crippen LogP contribution in [0.2, 0.25) is 0 Å². The lowest BCUT2D eigenvalue weighted by Crippen LogP contribution is -2.43. The number of amides is 2. The van der Waals surface area contributed by atoms with Crippen molar-refractivity contribution in [3.8, 4) is 0 Å². The third kappa shape index (κ3) is 5.24. The molecule has 0 unspecified atom stereocenters. The van der Waals surface area contributed by atoms with Crippen LogP contribution in [0.1, 0.15) is 50.6 Å². The molecule has 25 heavy (non-hydrogen) atoms. The molecule has 1 aliphatic heterocycles. The normalized spacial score (nSPS) is 17.6. The molecule has 5 heteroatoms. The Bertz CT molecular complexity index is 598. The number of nitrogens with zero attached hydrogens (tertiary/aromatic N) is 2. The first-order valence-corrected chi connectivity index (χ1v) is 10.1. The van der Waals surface area contributed by atoms with Gasteiger partial charge in [0.05, 0.1) is 5.75 Å². The number of carbonyl (C=O) groups excluding carboxylic acids is 2. The van der Waals surface area contributed by atoms with Gasteiger partial charge in [0.1, 0.15) is 5.37 Å². The van der Waals surface area contributed by atoms with Gasteiger partial charge in [-0.3, -0.25) is 9.59 Å². The predicted octanol–water partition coefficient (Wildman–Crippen LogP) is 3.85. The summed E-state index contributed by atoms with van der Waals surface area (Å²) in [6, 6.07) is 8.52. The topological polar surface area (TPSA) is 40.6 Å². The summed E-state index contributed by atoms with van der Waals surface area (Å²) in [5, 5.41) is 0.0577. The molecule has 0 spiro atoms. The zero-order valence-electron chi connectivity index (χ0n) is 16.0. The summed E-state index contributed by atoms with van der Waals surface area (Å²) in [4.78, 5) is 28.7. The molecule has 1 aromatic rings. The average molecular weight is 363 g/mol.